The highest BCUT2D eigenvalue weighted by Crippen LogP contribution is 2.26. The molecule has 1 fully saturated rings. The van der Waals surface area contributed by atoms with Crippen LogP contribution in [-0.2, 0) is 0 Å². The topological polar surface area (TPSA) is 32.3 Å². The van der Waals surface area contributed by atoms with Gasteiger partial charge in [-0.3, -0.25) is 0 Å². The zero-order valence-electron chi connectivity index (χ0n) is 7.96. The smallest absolute Gasteiger partial charge is 0.127 e. The Morgan fingerprint density at radius 2 is 2.21 bits per heavy atom. The predicted molar refractivity (Wildman–Crippen MR) is 52.9 cm³/mol. The van der Waals surface area contributed by atoms with Crippen molar-refractivity contribution in [3.8, 4) is 5.75 Å². The van der Waals surface area contributed by atoms with Crippen LogP contribution in [0.3, 0.4) is 0 Å². The molecule has 14 heavy (non-hydrogen) atoms. The number of benzene rings is 1. The molecule has 76 valence electrons. The van der Waals surface area contributed by atoms with Crippen LogP contribution in [0.5, 0.6) is 5.75 Å². The maximum Gasteiger partial charge on any atom is 0.127 e. The summed E-state index contributed by atoms with van der Waals surface area (Å²) in [6.45, 7) is 1.92. The first-order valence-corrected chi connectivity index (χ1v) is 4.96. The molecule has 0 bridgehead atoms. The second-order valence-electron chi connectivity index (χ2n) is 3.79. The largest absolute Gasteiger partial charge is 0.508 e. The van der Waals surface area contributed by atoms with E-state index in [9.17, 15) is 9.50 Å². The Morgan fingerprint density at radius 1 is 1.36 bits per heavy atom. The molecule has 2 nitrogen and oxygen atoms in total. The summed E-state index contributed by atoms with van der Waals surface area (Å²) in [5.41, 5.74) is 0.898. The fraction of sp³-hybridized carbons (Fsp3) is 0.455. The van der Waals surface area contributed by atoms with Crippen molar-refractivity contribution in [2.45, 2.75) is 18.8 Å². The maximum absolute atomic E-state index is 13.0. The number of piperidine rings is 1. The molecule has 1 saturated heterocycles. The van der Waals surface area contributed by atoms with E-state index in [0.29, 0.717) is 5.92 Å². The minimum absolute atomic E-state index is 0.0190. The molecule has 1 aromatic rings. The quantitative estimate of drug-likeness (QED) is 0.718. The molecular formula is C11H14FNO. The summed E-state index contributed by atoms with van der Waals surface area (Å²) in [5, 5.41) is 12.5. The Hall–Kier alpha value is -1.09. The fourth-order valence-electron chi connectivity index (χ4n) is 1.97. The molecule has 0 spiro atoms. The summed E-state index contributed by atoms with van der Waals surface area (Å²) in [6, 6.07) is 4.30. The molecule has 3 heteroatoms. The van der Waals surface area contributed by atoms with Gasteiger partial charge in [0.2, 0.25) is 0 Å². The van der Waals surface area contributed by atoms with Crippen LogP contribution in [0.4, 0.5) is 4.39 Å². The average Bonchev–Trinajstić information content (AvgIpc) is 2.18. The molecule has 1 heterocycles. The molecule has 2 N–H and O–H groups in total. The zero-order valence-corrected chi connectivity index (χ0v) is 7.96. The monoisotopic (exact) mass is 195 g/mol. The lowest BCUT2D eigenvalue weighted by atomic mass is 9.91. The first kappa shape index (κ1) is 9.46. The number of phenols is 1. The van der Waals surface area contributed by atoms with E-state index in [4.69, 9.17) is 0 Å². The third kappa shape index (κ3) is 2.04. The number of rotatable bonds is 1. The first-order valence-electron chi connectivity index (χ1n) is 4.96. The second-order valence-corrected chi connectivity index (χ2v) is 3.79. The number of halogens is 1. The van der Waals surface area contributed by atoms with Crippen molar-refractivity contribution in [1.29, 1.82) is 0 Å². The van der Waals surface area contributed by atoms with Gasteiger partial charge in [0, 0.05) is 12.6 Å². The molecular weight excluding hydrogens is 181 g/mol. The lowest BCUT2D eigenvalue weighted by molar-refractivity contribution is 0.447. The van der Waals surface area contributed by atoms with Crippen LogP contribution >= 0.6 is 0 Å². The lowest BCUT2D eigenvalue weighted by Crippen LogP contribution is -2.28. The summed E-state index contributed by atoms with van der Waals surface area (Å²) in [4.78, 5) is 0. The van der Waals surface area contributed by atoms with Crippen LogP contribution in [-0.4, -0.2) is 18.2 Å². The highest BCUT2D eigenvalue weighted by Gasteiger charge is 2.16. The minimum atomic E-state index is -0.356. The Labute approximate surface area is 82.8 Å². The SMILES string of the molecule is Oc1cc(F)cc(C2CCCNC2)c1. The molecule has 0 aromatic heterocycles. The van der Waals surface area contributed by atoms with Crippen molar-refractivity contribution >= 4 is 0 Å². The summed E-state index contributed by atoms with van der Waals surface area (Å²) in [7, 11) is 0. The number of phenolic OH excluding ortho intramolecular Hbond substituents is 1. The first-order chi connectivity index (χ1) is 6.75. The molecule has 1 aliphatic heterocycles. The normalized spacial score (nSPS) is 22.2. The van der Waals surface area contributed by atoms with Crippen molar-refractivity contribution in [3.05, 3.63) is 29.6 Å². The molecule has 0 saturated carbocycles. The summed E-state index contributed by atoms with van der Waals surface area (Å²) in [6.07, 6.45) is 2.18. The van der Waals surface area contributed by atoms with Crippen molar-refractivity contribution < 1.29 is 9.50 Å². The molecule has 0 radical (unpaired) electrons. The molecule has 1 unspecified atom stereocenters. The molecule has 1 aliphatic rings. The summed E-state index contributed by atoms with van der Waals surface area (Å²) < 4.78 is 13.0. The van der Waals surface area contributed by atoms with E-state index in [2.05, 4.69) is 5.32 Å². The average molecular weight is 195 g/mol. The predicted octanol–water partition coefficient (Wildman–Crippen LogP) is 2.00. The van der Waals surface area contributed by atoms with Gasteiger partial charge >= 0.3 is 0 Å². The molecule has 1 atom stereocenters. The van der Waals surface area contributed by atoms with Gasteiger partial charge in [-0.1, -0.05) is 0 Å². The number of nitrogens with one attached hydrogen (secondary N) is 1. The third-order valence-electron chi connectivity index (χ3n) is 2.67. The van der Waals surface area contributed by atoms with Crippen LogP contribution in [0, 0.1) is 5.82 Å². The van der Waals surface area contributed by atoms with E-state index in [1.807, 2.05) is 0 Å². The Morgan fingerprint density at radius 3 is 2.86 bits per heavy atom. The van der Waals surface area contributed by atoms with Crippen molar-refractivity contribution in [2.24, 2.45) is 0 Å². The van der Waals surface area contributed by atoms with Gasteiger partial charge in [-0.15, -0.1) is 0 Å². The van der Waals surface area contributed by atoms with Gasteiger partial charge in [-0.2, -0.15) is 0 Å². The molecule has 0 amide bonds. The lowest BCUT2D eigenvalue weighted by Gasteiger charge is -2.23. The zero-order chi connectivity index (χ0) is 9.97. The van der Waals surface area contributed by atoms with Crippen LogP contribution in [0.2, 0.25) is 0 Å². The standard InChI is InChI=1S/C11H14FNO/c12-10-4-9(5-11(14)6-10)8-2-1-3-13-7-8/h4-6,8,13-14H,1-3,7H2. The van der Waals surface area contributed by atoms with Crippen molar-refractivity contribution in [1.82, 2.24) is 5.32 Å². The van der Waals surface area contributed by atoms with Gasteiger partial charge in [0.1, 0.15) is 11.6 Å². The van der Waals surface area contributed by atoms with Crippen LogP contribution in [0.15, 0.2) is 18.2 Å². The number of hydrogen-bond donors (Lipinski definition) is 2. The fourth-order valence-corrected chi connectivity index (χ4v) is 1.97. The van der Waals surface area contributed by atoms with E-state index in [-0.39, 0.29) is 11.6 Å². The number of aromatic hydroxyl groups is 1. The molecule has 1 aromatic carbocycles. The Kier molecular flexibility index (Phi) is 2.68. The van der Waals surface area contributed by atoms with Gasteiger partial charge in [-0.25, -0.2) is 4.39 Å². The van der Waals surface area contributed by atoms with Crippen LogP contribution in [0.1, 0.15) is 24.3 Å². The van der Waals surface area contributed by atoms with E-state index in [1.54, 1.807) is 6.07 Å². The van der Waals surface area contributed by atoms with Crippen molar-refractivity contribution in [2.75, 3.05) is 13.1 Å². The highest BCUT2D eigenvalue weighted by atomic mass is 19.1. The van der Waals surface area contributed by atoms with Gasteiger partial charge in [-0.05, 0) is 43.0 Å². The molecule has 2 rings (SSSR count). The van der Waals surface area contributed by atoms with E-state index in [1.165, 1.54) is 6.07 Å². The summed E-state index contributed by atoms with van der Waals surface area (Å²) >= 11 is 0. The van der Waals surface area contributed by atoms with E-state index < -0.39 is 0 Å². The highest BCUT2D eigenvalue weighted by molar-refractivity contribution is 5.31. The molecule has 0 aliphatic carbocycles. The maximum atomic E-state index is 13.0. The van der Waals surface area contributed by atoms with Crippen LogP contribution < -0.4 is 5.32 Å². The van der Waals surface area contributed by atoms with Crippen LogP contribution in [0.25, 0.3) is 0 Å². The Balaban J connectivity index is 2.21. The van der Waals surface area contributed by atoms with Gasteiger partial charge in [0.05, 0.1) is 0 Å². The minimum Gasteiger partial charge on any atom is -0.508 e. The van der Waals surface area contributed by atoms with Gasteiger partial charge in [0.15, 0.2) is 0 Å². The third-order valence-corrected chi connectivity index (χ3v) is 2.67. The van der Waals surface area contributed by atoms with Gasteiger partial charge < -0.3 is 10.4 Å². The van der Waals surface area contributed by atoms with E-state index in [0.717, 1.165) is 37.6 Å². The second kappa shape index (κ2) is 3.96. The van der Waals surface area contributed by atoms with Gasteiger partial charge in [0.25, 0.3) is 0 Å². The number of hydrogen-bond acceptors (Lipinski definition) is 2. The van der Waals surface area contributed by atoms with E-state index >= 15 is 0 Å². The Bertz CT molecular complexity index is 301. The summed E-state index contributed by atoms with van der Waals surface area (Å²) in [5.74, 6) is 0.00139. The van der Waals surface area contributed by atoms with Crippen molar-refractivity contribution in [3.63, 3.8) is 0 Å².